The number of carbonyl (C=O) groups excluding carboxylic acids is 2. The number of tetrazole rings is 1. The lowest BCUT2D eigenvalue weighted by Gasteiger charge is -2.42. The number of carbonyl (C=O) groups is 2. The topological polar surface area (TPSA) is 99.4 Å². The first kappa shape index (κ1) is 19.8. The summed E-state index contributed by atoms with van der Waals surface area (Å²) in [7, 11) is 3.09. The van der Waals surface area contributed by atoms with Crippen molar-refractivity contribution >= 4 is 12.1 Å². The quantitative estimate of drug-likeness (QED) is 0.727. The summed E-state index contributed by atoms with van der Waals surface area (Å²) in [6, 6.07) is 6.88. The van der Waals surface area contributed by atoms with Crippen LogP contribution in [0.2, 0.25) is 0 Å². The first-order valence-corrected chi connectivity index (χ1v) is 9.41. The minimum atomic E-state index is -0.644. The van der Waals surface area contributed by atoms with Gasteiger partial charge in [0.1, 0.15) is 5.54 Å². The van der Waals surface area contributed by atoms with Crippen molar-refractivity contribution in [2.45, 2.75) is 44.6 Å². The van der Waals surface area contributed by atoms with E-state index in [1.807, 2.05) is 0 Å². The molecular weight excluding hydrogens is 362 g/mol. The zero-order valence-corrected chi connectivity index (χ0v) is 16.4. The second-order valence-corrected chi connectivity index (χ2v) is 6.80. The number of aromatic nitrogens is 4. The summed E-state index contributed by atoms with van der Waals surface area (Å²) in [5.41, 5.74) is 0.518. The molecule has 1 amide bonds. The third-order valence-electron chi connectivity index (χ3n) is 5.28. The minimum Gasteiger partial charge on any atom is -0.462 e. The van der Waals surface area contributed by atoms with Gasteiger partial charge in [-0.2, -0.15) is 4.68 Å². The molecule has 9 heteroatoms. The Labute approximate surface area is 163 Å². The fourth-order valence-corrected chi connectivity index (χ4v) is 3.76. The molecule has 0 N–H and O–H groups in total. The zero-order chi connectivity index (χ0) is 20.1. The number of ether oxygens (including phenoxy) is 2. The van der Waals surface area contributed by atoms with Crippen LogP contribution in [0, 0.1) is 0 Å². The number of benzene rings is 1. The monoisotopic (exact) mass is 387 g/mol. The molecule has 1 heterocycles. The summed E-state index contributed by atoms with van der Waals surface area (Å²) in [5.74, 6) is 0.212. The normalized spacial score (nSPS) is 15.7. The molecule has 0 aliphatic heterocycles. The Balaban J connectivity index is 1.99. The van der Waals surface area contributed by atoms with Gasteiger partial charge in [0.05, 0.1) is 25.0 Å². The molecule has 0 atom stereocenters. The molecule has 1 saturated carbocycles. The molecule has 28 heavy (non-hydrogen) atoms. The molecule has 0 bridgehead atoms. The third-order valence-corrected chi connectivity index (χ3v) is 5.28. The summed E-state index contributed by atoms with van der Waals surface area (Å²) in [6.07, 6.45) is 4.12. The summed E-state index contributed by atoms with van der Waals surface area (Å²) in [6.45, 7) is 2.08. The summed E-state index contributed by atoms with van der Waals surface area (Å²) < 4.78 is 11.6. The second kappa shape index (κ2) is 8.37. The molecule has 0 unspecified atom stereocenters. The maximum atomic E-state index is 12.3. The predicted octanol–water partition coefficient (Wildman–Crippen LogP) is 2.70. The smallest absolute Gasteiger partial charge is 0.410 e. The Morgan fingerprint density at radius 1 is 1.18 bits per heavy atom. The molecule has 0 spiro atoms. The van der Waals surface area contributed by atoms with E-state index in [0.717, 1.165) is 32.1 Å². The molecule has 2 aromatic rings. The van der Waals surface area contributed by atoms with E-state index in [1.54, 1.807) is 47.8 Å². The third kappa shape index (κ3) is 3.56. The van der Waals surface area contributed by atoms with Crippen molar-refractivity contribution < 1.29 is 19.1 Å². The lowest BCUT2D eigenvalue weighted by Crippen LogP contribution is -2.50. The number of hydrogen-bond acceptors (Lipinski definition) is 7. The molecule has 1 aromatic carbocycles. The van der Waals surface area contributed by atoms with Crippen LogP contribution in [0.5, 0.6) is 0 Å². The van der Waals surface area contributed by atoms with Gasteiger partial charge in [-0.15, -0.1) is 5.10 Å². The van der Waals surface area contributed by atoms with Crippen molar-refractivity contribution in [2.24, 2.45) is 0 Å². The van der Waals surface area contributed by atoms with Crippen LogP contribution in [0.1, 0.15) is 55.2 Å². The van der Waals surface area contributed by atoms with Gasteiger partial charge in [0.2, 0.25) is 0 Å². The molecule has 1 aromatic heterocycles. The molecule has 1 aliphatic carbocycles. The average molecular weight is 387 g/mol. The van der Waals surface area contributed by atoms with Crippen LogP contribution >= 0.6 is 0 Å². The highest BCUT2D eigenvalue weighted by Gasteiger charge is 2.45. The van der Waals surface area contributed by atoms with Crippen LogP contribution < -0.4 is 0 Å². The van der Waals surface area contributed by atoms with Crippen molar-refractivity contribution in [3.05, 3.63) is 35.7 Å². The Kier molecular flexibility index (Phi) is 5.91. The van der Waals surface area contributed by atoms with E-state index in [0.29, 0.717) is 23.7 Å². The van der Waals surface area contributed by atoms with Crippen molar-refractivity contribution in [1.29, 1.82) is 0 Å². The van der Waals surface area contributed by atoms with Gasteiger partial charge in [-0.1, -0.05) is 19.3 Å². The van der Waals surface area contributed by atoms with Crippen molar-refractivity contribution in [3.63, 3.8) is 0 Å². The Hall–Kier alpha value is -2.97. The number of nitrogens with zero attached hydrogens (tertiary/aromatic N) is 5. The molecule has 3 rings (SSSR count). The number of methoxy groups -OCH3 is 1. The van der Waals surface area contributed by atoms with Crippen LogP contribution in [0.3, 0.4) is 0 Å². The van der Waals surface area contributed by atoms with Crippen LogP contribution in [0.25, 0.3) is 5.69 Å². The minimum absolute atomic E-state index is 0.320. The lowest BCUT2D eigenvalue weighted by molar-refractivity contribution is 0.0471. The van der Waals surface area contributed by atoms with E-state index in [1.165, 1.54) is 7.11 Å². The number of rotatable bonds is 5. The molecule has 1 aliphatic rings. The highest BCUT2D eigenvalue weighted by atomic mass is 16.5. The number of esters is 1. The van der Waals surface area contributed by atoms with E-state index < -0.39 is 11.6 Å². The second-order valence-electron chi connectivity index (χ2n) is 6.80. The fourth-order valence-electron chi connectivity index (χ4n) is 3.76. The van der Waals surface area contributed by atoms with E-state index in [-0.39, 0.29) is 5.97 Å². The molecular formula is C19H25N5O4. The molecule has 9 nitrogen and oxygen atoms in total. The van der Waals surface area contributed by atoms with Gasteiger partial charge in [-0.3, -0.25) is 4.90 Å². The van der Waals surface area contributed by atoms with E-state index in [2.05, 4.69) is 15.5 Å². The van der Waals surface area contributed by atoms with Crippen molar-refractivity contribution in [3.8, 4) is 5.69 Å². The zero-order valence-electron chi connectivity index (χ0n) is 16.4. The van der Waals surface area contributed by atoms with Gasteiger partial charge in [0.25, 0.3) is 0 Å². The van der Waals surface area contributed by atoms with Gasteiger partial charge in [-0.25, -0.2) is 9.59 Å². The van der Waals surface area contributed by atoms with Gasteiger partial charge >= 0.3 is 12.1 Å². The van der Waals surface area contributed by atoms with Crippen molar-refractivity contribution in [2.75, 3.05) is 20.8 Å². The van der Waals surface area contributed by atoms with Gasteiger partial charge in [-0.05, 0) is 54.5 Å². The highest BCUT2D eigenvalue weighted by Crippen LogP contribution is 2.41. The first-order valence-electron chi connectivity index (χ1n) is 9.41. The largest absolute Gasteiger partial charge is 0.462 e. The van der Waals surface area contributed by atoms with E-state index >= 15 is 0 Å². The van der Waals surface area contributed by atoms with Crippen LogP contribution in [-0.2, 0) is 15.0 Å². The first-order chi connectivity index (χ1) is 13.5. The van der Waals surface area contributed by atoms with Crippen LogP contribution in [-0.4, -0.2) is 57.9 Å². The molecule has 0 saturated heterocycles. The number of amides is 1. The fraction of sp³-hybridized carbons (Fsp3) is 0.526. The van der Waals surface area contributed by atoms with Gasteiger partial charge < -0.3 is 9.47 Å². The summed E-state index contributed by atoms with van der Waals surface area (Å²) >= 11 is 0. The van der Waals surface area contributed by atoms with Gasteiger partial charge in [0, 0.05) is 7.05 Å². The highest BCUT2D eigenvalue weighted by molar-refractivity contribution is 5.89. The summed E-state index contributed by atoms with van der Waals surface area (Å²) in [4.78, 5) is 25.8. The molecule has 150 valence electrons. The Morgan fingerprint density at radius 3 is 2.46 bits per heavy atom. The van der Waals surface area contributed by atoms with Crippen LogP contribution in [0.4, 0.5) is 4.79 Å². The van der Waals surface area contributed by atoms with Gasteiger partial charge in [0.15, 0.2) is 5.82 Å². The molecule has 0 radical (unpaired) electrons. The SMILES string of the molecule is CCOC(=O)c1ccc(-n2nnnc2C2(N(C)C(=O)OC)CCCCC2)cc1. The maximum absolute atomic E-state index is 12.3. The lowest BCUT2D eigenvalue weighted by atomic mass is 9.79. The van der Waals surface area contributed by atoms with E-state index in [4.69, 9.17) is 9.47 Å². The Bertz CT molecular complexity index is 827. The van der Waals surface area contributed by atoms with Crippen molar-refractivity contribution in [1.82, 2.24) is 25.1 Å². The maximum Gasteiger partial charge on any atom is 0.410 e. The van der Waals surface area contributed by atoms with E-state index in [9.17, 15) is 9.59 Å². The molecule has 1 fully saturated rings. The average Bonchev–Trinajstić information content (AvgIpc) is 3.24. The Morgan fingerprint density at radius 2 is 1.86 bits per heavy atom. The standard InChI is InChI=1S/C19H25N5O4/c1-4-28-16(25)14-8-10-15(11-9-14)24-17(20-21-22-24)19(12-6-5-7-13-19)23(2)18(26)27-3/h8-11H,4-7,12-13H2,1-3H3. The number of hydrogen-bond donors (Lipinski definition) is 0. The predicted molar refractivity (Wildman–Crippen MR) is 100 cm³/mol. The van der Waals surface area contributed by atoms with Crippen LogP contribution in [0.15, 0.2) is 24.3 Å². The summed E-state index contributed by atoms with van der Waals surface area (Å²) in [5, 5.41) is 12.3.